The SMILES string of the molecule is Cc1ncc([C@@H](CCCO)CC(C)(C)S(N)=O)cc1F. The summed E-state index contributed by atoms with van der Waals surface area (Å²) >= 11 is 0. The molecule has 1 aromatic heterocycles. The monoisotopic (exact) mass is 302 g/mol. The first-order valence-corrected chi connectivity index (χ1v) is 7.88. The quantitative estimate of drug-likeness (QED) is 0.810. The molecule has 1 unspecified atom stereocenters. The van der Waals surface area contributed by atoms with Crippen molar-refractivity contribution in [1.82, 2.24) is 4.98 Å². The minimum absolute atomic E-state index is 0.0211. The van der Waals surface area contributed by atoms with E-state index in [-0.39, 0.29) is 18.3 Å². The first-order valence-electron chi connectivity index (χ1n) is 6.67. The summed E-state index contributed by atoms with van der Waals surface area (Å²) < 4.78 is 24.7. The number of nitrogens with zero attached hydrogens (tertiary/aromatic N) is 1. The molecule has 6 heteroatoms. The zero-order valence-electron chi connectivity index (χ0n) is 12.2. The second-order valence-corrected chi connectivity index (χ2v) is 7.36. The van der Waals surface area contributed by atoms with Crippen molar-refractivity contribution in [3.05, 3.63) is 29.3 Å². The Morgan fingerprint density at radius 2 is 2.20 bits per heavy atom. The number of rotatable bonds is 7. The molecule has 0 radical (unpaired) electrons. The van der Waals surface area contributed by atoms with Crippen LogP contribution in [0.25, 0.3) is 0 Å². The van der Waals surface area contributed by atoms with Gasteiger partial charge in [-0.1, -0.05) is 0 Å². The van der Waals surface area contributed by atoms with E-state index in [0.29, 0.717) is 25.0 Å². The average Bonchev–Trinajstić information content (AvgIpc) is 2.37. The summed E-state index contributed by atoms with van der Waals surface area (Å²) in [5.41, 5.74) is 1.12. The minimum Gasteiger partial charge on any atom is -0.396 e. The van der Waals surface area contributed by atoms with Crippen LogP contribution in [0.4, 0.5) is 4.39 Å². The number of pyridine rings is 1. The van der Waals surface area contributed by atoms with Crippen molar-refractivity contribution >= 4 is 11.0 Å². The van der Waals surface area contributed by atoms with Crippen molar-refractivity contribution in [2.75, 3.05) is 6.61 Å². The van der Waals surface area contributed by atoms with Crippen LogP contribution < -0.4 is 5.14 Å². The van der Waals surface area contributed by atoms with Gasteiger partial charge in [0.25, 0.3) is 0 Å². The van der Waals surface area contributed by atoms with Gasteiger partial charge in [-0.3, -0.25) is 10.1 Å². The van der Waals surface area contributed by atoms with Gasteiger partial charge in [-0.25, -0.2) is 8.60 Å². The van der Waals surface area contributed by atoms with E-state index in [4.69, 9.17) is 10.2 Å². The van der Waals surface area contributed by atoms with E-state index in [0.717, 1.165) is 5.56 Å². The molecule has 0 amide bonds. The summed E-state index contributed by atoms with van der Waals surface area (Å²) in [4.78, 5) is 4.04. The summed E-state index contributed by atoms with van der Waals surface area (Å²) in [6.07, 6.45) is 3.49. The highest BCUT2D eigenvalue weighted by Crippen LogP contribution is 2.32. The molecule has 0 fully saturated rings. The van der Waals surface area contributed by atoms with Gasteiger partial charge in [-0.05, 0) is 57.6 Å². The fourth-order valence-electron chi connectivity index (χ4n) is 2.14. The normalized spacial score (nSPS) is 15.1. The predicted molar refractivity (Wildman–Crippen MR) is 79.0 cm³/mol. The van der Waals surface area contributed by atoms with Gasteiger partial charge < -0.3 is 5.11 Å². The second-order valence-electron chi connectivity index (χ2n) is 5.66. The fraction of sp³-hybridized carbons (Fsp3) is 0.643. The van der Waals surface area contributed by atoms with E-state index in [9.17, 15) is 8.60 Å². The number of aryl methyl sites for hydroxylation is 1. The summed E-state index contributed by atoms with van der Waals surface area (Å²) in [5.74, 6) is -0.365. The lowest BCUT2D eigenvalue weighted by atomic mass is 9.87. The van der Waals surface area contributed by atoms with Crippen LogP contribution >= 0.6 is 0 Å². The molecule has 20 heavy (non-hydrogen) atoms. The number of hydrogen-bond donors (Lipinski definition) is 2. The van der Waals surface area contributed by atoms with E-state index >= 15 is 0 Å². The molecule has 0 aliphatic carbocycles. The van der Waals surface area contributed by atoms with E-state index in [1.165, 1.54) is 6.07 Å². The van der Waals surface area contributed by atoms with Gasteiger partial charge in [-0.2, -0.15) is 0 Å². The third-order valence-corrected chi connectivity index (χ3v) is 4.77. The van der Waals surface area contributed by atoms with Crippen molar-refractivity contribution in [2.45, 2.75) is 50.7 Å². The molecule has 0 aliphatic rings. The highest BCUT2D eigenvalue weighted by molar-refractivity contribution is 7.84. The smallest absolute Gasteiger partial charge is 0.144 e. The molecular formula is C14H23FN2O2S. The lowest BCUT2D eigenvalue weighted by Gasteiger charge is -2.27. The van der Waals surface area contributed by atoms with Gasteiger partial charge in [0.05, 0.1) is 21.4 Å². The standard InChI is InChI=1S/C14H23FN2O2S/c1-10-13(15)7-12(9-17-10)11(5-4-6-18)8-14(2,3)20(16)19/h7,9,11,18H,4-6,8,16H2,1-3H3/t11-,20?/m0/s1. The van der Waals surface area contributed by atoms with Crippen LogP contribution in [0.5, 0.6) is 0 Å². The molecule has 0 saturated heterocycles. The molecule has 1 heterocycles. The maximum absolute atomic E-state index is 13.7. The van der Waals surface area contributed by atoms with E-state index in [1.54, 1.807) is 13.1 Å². The zero-order chi connectivity index (χ0) is 15.3. The van der Waals surface area contributed by atoms with Crippen molar-refractivity contribution < 1.29 is 13.7 Å². The molecule has 4 nitrogen and oxygen atoms in total. The average molecular weight is 302 g/mol. The Balaban J connectivity index is 2.99. The van der Waals surface area contributed by atoms with E-state index < -0.39 is 15.7 Å². The van der Waals surface area contributed by atoms with Crippen LogP contribution in [0.15, 0.2) is 12.3 Å². The largest absolute Gasteiger partial charge is 0.396 e. The zero-order valence-corrected chi connectivity index (χ0v) is 13.0. The van der Waals surface area contributed by atoms with Crippen molar-refractivity contribution in [3.8, 4) is 0 Å². The van der Waals surface area contributed by atoms with Gasteiger partial charge in [0, 0.05) is 12.8 Å². The summed E-state index contributed by atoms with van der Waals surface area (Å²) in [6.45, 7) is 5.34. The minimum atomic E-state index is -1.46. The maximum Gasteiger partial charge on any atom is 0.144 e. The van der Waals surface area contributed by atoms with Crippen LogP contribution in [0.1, 0.15) is 50.3 Å². The van der Waals surface area contributed by atoms with Crippen molar-refractivity contribution in [3.63, 3.8) is 0 Å². The summed E-state index contributed by atoms with van der Waals surface area (Å²) in [5, 5.41) is 14.5. The summed E-state index contributed by atoms with van der Waals surface area (Å²) in [7, 11) is -1.46. The Labute approximate surface area is 122 Å². The third kappa shape index (κ3) is 4.61. The molecule has 0 saturated carbocycles. The van der Waals surface area contributed by atoms with Crippen LogP contribution in [0.2, 0.25) is 0 Å². The lowest BCUT2D eigenvalue weighted by molar-refractivity contribution is 0.276. The number of aliphatic hydroxyl groups is 1. The predicted octanol–water partition coefficient (Wildman–Crippen LogP) is 2.18. The molecule has 1 rings (SSSR count). The Morgan fingerprint density at radius 1 is 1.55 bits per heavy atom. The molecule has 3 N–H and O–H groups in total. The highest BCUT2D eigenvalue weighted by atomic mass is 32.2. The summed E-state index contributed by atoms with van der Waals surface area (Å²) in [6, 6.07) is 1.47. The van der Waals surface area contributed by atoms with Gasteiger partial charge in [0.2, 0.25) is 0 Å². The van der Waals surface area contributed by atoms with Crippen LogP contribution in [0, 0.1) is 12.7 Å². The molecule has 2 atom stereocenters. The third-order valence-electron chi connectivity index (χ3n) is 3.51. The van der Waals surface area contributed by atoms with Gasteiger partial charge in [-0.15, -0.1) is 0 Å². The molecule has 0 spiro atoms. The van der Waals surface area contributed by atoms with E-state index in [1.807, 2.05) is 13.8 Å². The Bertz CT molecular complexity index is 480. The number of halogens is 1. The Hall–Kier alpha value is -0.850. The first kappa shape index (κ1) is 17.2. The van der Waals surface area contributed by atoms with Gasteiger partial charge in [0.15, 0.2) is 0 Å². The van der Waals surface area contributed by atoms with Crippen molar-refractivity contribution in [1.29, 1.82) is 0 Å². The van der Waals surface area contributed by atoms with Gasteiger partial charge >= 0.3 is 0 Å². The van der Waals surface area contributed by atoms with Crippen LogP contribution in [0.3, 0.4) is 0 Å². The molecule has 0 aromatic carbocycles. The number of nitrogens with two attached hydrogens (primary N) is 1. The van der Waals surface area contributed by atoms with Crippen LogP contribution in [-0.2, 0) is 11.0 Å². The molecular weight excluding hydrogens is 279 g/mol. The molecule has 0 aliphatic heterocycles. The fourth-order valence-corrected chi connectivity index (χ4v) is 2.51. The van der Waals surface area contributed by atoms with Crippen molar-refractivity contribution in [2.24, 2.45) is 5.14 Å². The Morgan fingerprint density at radius 3 is 2.70 bits per heavy atom. The van der Waals surface area contributed by atoms with E-state index in [2.05, 4.69) is 4.98 Å². The number of hydrogen-bond acceptors (Lipinski definition) is 3. The first-order chi connectivity index (χ1) is 9.27. The highest BCUT2D eigenvalue weighted by Gasteiger charge is 2.29. The molecule has 1 aromatic rings. The second kappa shape index (κ2) is 7.24. The topological polar surface area (TPSA) is 76.2 Å². The van der Waals surface area contributed by atoms with Gasteiger partial charge in [0.1, 0.15) is 5.82 Å². The lowest BCUT2D eigenvalue weighted by Crippen LogP contribution is -2.33. The maximum atomic E-state index is 13.7. The molecule has 0 bridgehead atoms. The van der Waals surface area contributed by atoms with Crippen LogP contribution in [-0.4, -0.2) is 25.7 Å². The molecule has 114 valence electrons. The number of aromatic nitrogens is 1. The Kier molecular flexibility index (Phi) is 6.23. The number of aliphatic hydroxyl groups excluding tert-OH is 1.